The fourth-order valence-corrected chi connectivity index (χ4v) is 1.73. The van der Waals surface area contributed by atoms with Gasteiger partial charge in [0, 0.05) is 6.54 Å². The minimum Gasteiger partial charge on any atom is -0.484 e. The molecule has 0 aliphatic heterocycles. The number of hydrogen-bond donors (Lipinski definition) is 1. The molecule has 6 heteroatoms. The first-order valence-corrected chi connectivity index (χ1v) is 6.56. The third-order valence-electron chi connectivity index (χ3n) is 2.88. The summed E-state index contributed by atoms with van der Waals surface area (Å²) in [6.45, 7) is -0.000230. The summed E-state index contributed by atoms with van der Waals surface area (Å²) in [5.41, 5.74) is -0.129. The van der Waals surface area contributed by atoms with Crippen LogP contribution >= 0.6 is 0 Å². The first-order chi connectivity index (χ1) is 10.4. The lowest BCUT2D eigenvalue weighted by Gasteiger charge is -2.09. The van der Waals surface area contributed by atoms with Crippen molar-refractivity contribution in [3.05, 3.63) is 65.7 Å². The predicted octanol–water partition coefficient (Wildman–Crippen LogP) is 3.40. The average molecular weight is 309 g/mol. The van der Waals surface area contributed by atoms with Crippen LogP contribution in [-0.2, 0) is 17.5 Å². The largest absolute Gasteiger partial charge is 0.484 e. The normalized spacial score (nSPS) is 11.0. The predicted molar refractivity (Wildman–Crippen MR) is 75.2 cm³/mol. The van der Waals surface area contributed by atoms with Crippen LogP contribution in [0.15, 0.2) is 54.6 Å². The number of hydrogen-bond acceptors (Lipinski definition) is 2. The SMILES string of the molecule is O=C(COc1ccccc1)NCc1ccc(C(F)(F)F)cc1. The lowest BCUT2D eigenvalue weighted by atomic mass is 10.1. The molecule has 0 atom stereocenters. The lowest BCUT2D eigenvalue weighted by Crippen LogP contribution is -2.28. The van der Waals surface area contributed by atoms with Gasteiger partial charge in [0.05, 0.1) is 5.56 Å². The molecular weight excluding hydrogens is 295 g/mol. The van der Waals surface area contributed by atoms with E-state index < -0.39 is 11.7 Å². The standard InChI is InChI=1S/C16H14F3NO2/c17-16(18,19)13-8-6-12(7-9-13)10-20-15(21)11-22-14-4-2-1-3-5-14/h1-9H,10-11H2,(H,20,21). The molecular formula is C16H14F3NO2. The molecule has 0 bridgehead atoms. The maximum atomic E-state index is 12.4. The number of carbonyl (C=O) groups excluding carboxylic acids is 1. The topological polar surface area (TPSA) is 38.3 Å². The van der Waals surface area contributed by atoms with Gasteiger partial charge in [-0.05, 0) is 29.8 Å². The van der Waals surface area contributed by atoms with E-state index in [9.17, 15) is 18.0 Å². The van der Waals surface area contributed by atoms with E-state index in [4.69, 9.17) is 4.74 Å². The van der Waals surface area contributed by atoms with E-state index >= 15 is 0 Å². The Kier molecular flexibility index (Phi) is 5.04. The molecule has 2 rings (SSSR count). The molecule has 0 spiro atoms. The Morgan fingerprint density at radius 1 is 1.00 bits per heavy atom. The van der Waals surface area contributed by atoms with Gasteiger partial charge in [0.1, 0.15) is 5.75 Å². The molecule has 1 N–H and O–H groups in total. The van der Waals surface area contributed by atoms with E-state index in [0.29, 0.717) is 11.3 Å². The second-order valence-corrected chi connectivity index (χ2v) is 4.57. The smallest absolute Gasteiger partial charge is 0.416 e. The molecule has 22 heavy (non-hydrogen) atoms. The number of para-hydroxylation sites is 1. The van der Waals surface area contributed by atoms with E-state index in [1.165, 1.54) is 12.1 Å². The molecule has 0 aromatic heterocycles. The van der Waals surface area contributed by atoms with Crippen molar-refractivity contribution in [3.8, 4) is 5.75 Å². The van der Waals surface area contributed by atoms with Crippen LogP contribution in [0, 0.1) is 0 Å². The Hall–Kier alpha value is -2.50. The monoisotopic (exact) mass is 309 g/mol. The molecule has 0 saturated carbocycles. The lowest BCUT2D eigenvalue weighted by molar-refractivity contribution is -0.137. The first-order valence-electron chi connectivity index (χ1n) is 6.56. The Bertz CT molecular complexity index is 610. The van der Waals surface area contributed by atoms with Crippen LogP contribution in [-0.4, -0.2) is 12.5 Å². The van der Waals surface area contributed by atoms with Crippen LogP contribution in [0.25, 0.3) is 0 Å². The third-order valence-corrected chi connectivity index (χ3v) is 2.88. The van der Waals surface area contributed by atoms with E-state index in [0.717, 1.165) is 12.1 Å². The molecule has 0 unspecified atom stereocenters. The van der Waals surface area contributed by atoms with Gasteiger partial charge < -0.3 is 10.1 Å². The maximum Gasteiger partial charge on any atom is 0.416 e. The van der Waals surface area contributed by atoms with Crippen molar-refractivity contribution >= 4 is 5.91 Å². The van der Waals surface area contributed by atoms with Gasteiger partial charge >= 0.3 is 6.18 Å². The average Bonchev–Trinajstić information content (AvgIpc) is 2.51. The van der Waals surface area contributed by atoms with Gasteiger partial charge in [-0.25, -0.2) is 0 Å². The van der Waals surface area contributed by atoms with Gasteiger partial charge in [-0.15, -0.1) is 0 Å². The van der Waals surface area contributed by atoms with Gasteiger partial charge in [-0.2, -0.15) is 13.2 Å². The van der Waals surface area contributed by atoms with Crippen molar-refractivity contribution in [2.45, 2.75) is 12.7 Å². The zero-order valence-electron chi connectivity index (χ0n) is 11.6. The molecule has 0 aliphatic carbocycles. The molecule has 0 heterocycles. The van der Waals surface area contributed by atoms with Crippen molar-refractivity contribution in [1.29, 1.82) is 0 Å². The number of carbonyl (C=O) groups is 1. The number of amides is 1. The fraction of sp³-hybridized carbons (Fsp3) is 0.188. The van der Waals surface area contributed by atoms with Crippen LogP contribution in [0.1, 0.15) is 11.1 Å². The Morgan fingerprint density at radius 2 is 1.64 bits per heavy atom. The molecule has 2 aromatic carbocycles. The van der Waals surface area contributed by atoms with E-state index in [1.54, 1.807) is 24.3 Å². The highest BCUT2D eigenvalue weighted by atomic mass is 19.4. The summed E-state index contributed by atoms with van der Waals surface area (Å²) in [7, 11) is 0. The summed E-state index contributed by atoms with van der Waals surface area (Å²) in [4.78, 5) is 11.6. The van der Waals surface area contributed by atoms with Gasteiger partial charge in [-0.1, -0.05) is 30.3 Å². The second kappa shape index (κ2) is 6.98. The molecule has 0 fully saturated rings. The number of rotatable bonds is 5. The summed E-state index contributed by atoms with van der Waals surface area (Å²) in [5.74, 6) is 0.232. The third kappa shape index (κ3) is 4.80. The highest BCUT2D eigenvalue weighted by Crippen LogP contribution is 2.28. The van der Waals surface area contributed by atoms with E-state index in [-0.39, 0.29) is 19.1 Å². The van der Waals surface area contributed by atoms with Gasteiger partial charge in [0.2, 0.25) is 0 Å². The van der Waals surface area contributed by atoms with Gasteiger partial charge in [0.15, 0.2) is 6.61 Å². The van der Waals surface area contributed by atoms with Crippen molar-refractivity contribution in [3.63, 3.8) is 0 Å². The summed E-state index contributed by atoms with van der Waals surface area (Å²) < 4.78 is 42.5. The first kappa shape index (κ1) is 15.9. The van der Waals surface area contributed by atoms with Crippen molar-refractivity contribution < 1.29 is 22.7 Å². The Labute approximate surface area is 125 Å². The molecule has 116 valence electrons. The molecule has 2 aromatic rings. The number of nitrogens with one attached hydrogen (secondary N) is 1. The number of ether oxygens (including phenoxy) is 1. The van der Waals surface area contributed by atoms with E-state index in [2.05, 4.69) is 5.32 Å². The van der Waals surface area contributed by atoms with Crippen LogP contribution in [0.3, 0.4) is 0 Å². The highest BCUT2D eigenvalue weighted by molar-refractivity contribution is 5.77. The Morgan fingerprint density at radius 3 is 2.23 bits per heavy atom. The quantitative estimate of drug-likeness (QED) is 0.919. The number of benzene rings is 2. The summed E-state index contributed by atoms with van der Waals surface area (Å²) >= 11 is 0. The molecule has 0 saturated heterocycles. The molecule has 1 amide bonds. The van der Waals surface area contributed by atoms with E-state index in [1.807, 2.05) is 6.07 Å². The molecule has 0 aliphatic rings. The fourth-order valence-electron chi connectivity index (χ4n) is 1.73. The summed E-state index contributed by atoms with van der Waals surface area (Å²) in [6, 6.07) is 13.5. The second-order valence-electron chi connectivity index (χ2n) is 4.57. The minimum absolute atomic E-state index is 0.148. The van der Waals surface area contributed by atoms with Gasteiger partial charge in [0.25, 0.3) is 5.91 Å². The number of alkyl halides is 3. The molecule has 3 nitrogen and oxygen atoms in total. The zero-order chi connectivity index (χ0) is 16.0. The highest BCUT2D eigenvalue weighted by Gasteiger charge is 2.29. The van der Waals surface area contributed by atoms with Crippen molar-refractivity contribution in [1.82, 2.24) is 5.32 Å². The van der Waals surface area contributed by atoms with Gasteiger partial charge in [-0.3, -0.25) is 4.79 Å². The van der Waals surface area contributed by atoms with Crippen LogP contribution < -0.4 is 10.1 Å². The summed E-state index contributed by atoms with van der Waals surface area (Å²) in [5, 5.41) is 2.58. The van der Waals surface area contributed by atoms with Crippen molar-refractivity contribution in [2.24, 2.45) is 0 Å². The van der Waals surface area contributed by atoms with Crippen LogP contribution in [0.2, 0.25) is 0 Å². The Balaban J connectivity index is 1.79. The summed E-state index contributed by atoms with van der Waals surface area (Å²) in [6.07, 6.45) is -4.36. The zero-order valence-corrected chi connectivity index (χ0v) is 11.6. The number of halogens is 3. The maximum absolute atomic E-state index is 12.4. The minimum atomic E-state index is -4.36. The van der Waals surface area contributed by atoms with Crippen LogP contribution in [0.4, 0.5) is 13.2 Å². The van der Waals surface area contributed by atoms with Crippen molar-refractivity contribution in [2.75, 3.05) is 6.61 Å². The molecule has 0 radical (unpaired) electrons. The van der Waals surface area contributed by atoms with Crippen LogP contribution in [0.5, 0.6) is 5.75 Å².